The van der Waals surface area contributed by atoms with Gasteiger partial charge in [-0.1, -0.05) is 0 Å². The van der Waals surface area contributed by atoms with E-state index in [1.807, 2.05) is 25.5 Å². The first-order valence-corrected chi connectivity index (χ1v) is 7.91. The Bertz CT molecular complexity index is 798. The van der Waals surface area contributed by atoms with Crippen LogP contribution in [0.1, 0.15) is 11.4 Å². The van der Waals surface area contributed by atoms with Crippen molar-refractivity contribution in [3.63, 3.8) is 0 Å². The molecule has 2 atom stereocenters. The molecule has 0 aromatic carbocycles. The zero-order valence-corrected chi connectivity index (χ0v) is 13.4. The Balaban J connectivity index is 1.34. The summed E-state index contributed by atoms with van der Waals surface area (Å²) in [4.78, 5) is 13.7. The SMILES string of the molecule is Cn1cc(CN2C[C@@H](F)[C@@H](OCc3nc4ccncc4[nH]3)C2)cn1. The van der Waals surface area contributed by atoms with Crippen LogP contribution in [0.5, 0.6) is 0 Å². The molecule has 7 nitrogen and oxygen atoms in total. The summed E-state index contributed by atoms with van der Waals surface area (Å²) in [5.74, 6) is 0.691. The third-order valence-corrected chi connectivity index (χ3v) is 4.21. The molecule has 1 fully saturated rings. The minimum Gasteiger partial charge on any atom is -0.366 e. The van der Waals surface area contributed by atoms with Crippen LogP contribution in [0.25, 0.3) is 11.0 Å². The molecule has 0 bridgehead atoms. The molecule has 1 aliphatic heterocycles. The van der Waals surface area contributed by atoms with E-state index in [-0.39, 0.29) is 6.61 Å². The van der Waals surface area contributed by atoms with Gasteiger partial charge in [0.1, 0.15) is 24.7 Å². The third kappa shape index (κ3) is 3.15. The number of rotatable bonds is 5. The first-order valence-electron chi connectivity index (χ1n) is 7.91. The first kappa shape index (κ1) is 15.2. The Labute approximate surface area is 138 Å². The molecule has 0 unspecified atom stereocenters. The molecule has 0 radical (unpaired) electrons. The Hall–Kier alpha value is -2.32. The second-order valence-corrected chi connectivity index (χ2v) is 6.16. The summed E-state index contributed by atoms with van der Waals surface area (Å²) in [7, 11) is 1.88. The van der Waals surface area contributed by atoms with E-state index < -0.39 is 12.3 Å². The molecule has 126 valence electrons. The van der Waals surface area contributed by atoms with Crippen LogP contribution in [0.2, 0.25) is 0 Å². The number of alkyl halides is 1. The lowest BCUT2D eigenvalue weighted by atomic mass is 10.3. The average molecular weight is 330 g/mol. The average Bonchev–Trinajstić information content (AvgIpc) is 3.24. The maximum Gasteiger partial charge on any atom is 0.140 e. The molecular formula is C16H19FN6O. The second-order valence-electron chi connectivity index (χ2n) is 6.16. The van der Waals surface area contributed by atoms with Gasteiger partial charge in [0, 0.05) is 44.6 Å². The summed E-state index contributed by atoms with van der Waals surface area (Å²) in [6.07, 6.45) is 5.74. The van der Waals surface area contributed by atoms with Gasteiger partial charge in [-0.3, -0.25) is 14.6 Å². The normalized spacial score (nSPS) is 21.8. The van der Waals surface area contributed by atoms with Gasteiger partial charge in [0.25, 0.3) is 0 Å². The number of H-pyrrole nitrogens is 1. The highest BCUT2D eigenvalue weighted by molar-refractivity contribution is 5.73. The predicted octanol–water partition coefficient (Wildman–Crippen LogP) is 1.43. The maximum absolute atomic E-state index is 14.2. The lowest BCUT2D eigenvalue weighted by molar-refractivity contribution is 0.00863. The number of aryl methyl sites for hydroxylation is 1. The van der Waals surface area contributed by atoms with Crippen molar-refractivity contribution in [3.05, 3.63) is 42.2 Å². The Morgan fingerprint density at radius 3 is 3.08 bits per heavy atom. The van der Waals surface area contributed by atoms with Crippen LogP contribution in [-0.4, -0.2) is 55.0 Å². The number of nitrogens with one attached hydrogen (secondary N) is 1. The van der Waals surface area contributed by atoms with Crippen LogP contribution in [0.3, 0.4) is 0 Å². The summed E-state index contributed by atoms with van der Waals surface area (Å²) >= 11 is 0. The number of ether oxygens (including phenoxy) is 1. The first-order chi connectivity index (χ1) is 11.7. The highest BCUT2D eigenvalue weighted by Gasteiger charge is 2.33. The third-order valence-electron chi connectivity index (χ3n) is 4.21. The lowest BCUT2D eigenvalue weighted by Crippen LogP contribution is -2.24. The zero-order valence-electron chi connectivity index (χ0n) is 13.4. The van der Waals surface area contributed by atoms with Crippen LogP contribution in [-0.2, 0) is 24.9 Å². The van der Waals surface area contributed by atoms with E-state index in [1.54, 1.807) is 17.1 Å². The minimum absolute atomic E-state index is 0.264. The highest BCUT2D eigenvalue weighted by atomic mass is 19.1. The largest absolute Gasteiger partial charge is 0.366 e. The summed E-state index contributed by atoms with van der Waals surface area (Å²) in [5, 5.41) is 4.14. The van der Waals surface area contributed by atoms with E-state index in [0.717, 1.165) is 16.6 Å². The van der Waals surface area contributed by atoms with Crippen LogP contribution in [0.4, 0.5) is 4.39 Å². The van der Waals surface area contributed by atoms with Crippen molar-refractivity contribution in [1.82, 2.24) is 29.6 Å². The monoisotopic (exact) mass is 330 g/mol. The molecule has 1 saturated heterocycles. The number of imidazole rings is 1. The van der Waals surface area contributed by atoms with Gasteiger partial charge >= 0.3 is 0 Å². The minimum atomic E-state index is -0.993. The van der Waals surface area contributed by atoms with Gasteiger partial charge < -0.3 is 9.72 Å². The number of nitrogens with zero attached hydrogens (tertiary/aromatic N) is 5. The topological polar surface area (TPSA) is 71.9 Å². The number of likely N-dealkylation sites (tertiary alicyclic amines) is 1. The van der Waals surface area contributed by atoms with Gasteiger partial charge in [-0.15, -0.1) is 0 Å². The molecule has 4 rings (SSSR count). The number of pyridine rings is 1. The van der Waals surface area contributed by atoms with Crippen LogP contribution in [0, 0.1) is 0 Å². The van der Waals surface area contributed by atoms with E-state index in [9.17, 15) is 4.39 Å². The predicted molar refractivity (Wildman–Crippen MR) is 85.8 cm³/mol. The molecule has 4 heterocycles. The standard InChI is InChI=1S/C16H19FN6O/c1-22-6-11(4-19-22)7-23-8-12(17)15(9-23)24-10-16-20-13-2-3-18-5-14(13)21-16/h2-6,12,15H,7-10H2,1H3,(H,20,21)/t12-,15+/m1/s1. The number of aromatic amines is 1. The number of halogens is 1. The summed E-state index contributed by atoms with van der Waals surface area (Å²) in [5.41, 5.74) is 2.78. The summed E-state index contributed by atoms with van der Waals surface area (Å²) in [6, 6.07) is 1.83. The Kier molecular flexibility index (Phi) is 3.99. The number of hydrogen-bond donors (Lipinski definition) is 1. The van der Waals surface area contributed by atoms with Crippen molar-refractivity contribution < 1.29 is 9.13 Å². The van der Waals surface area contributed by atoms with Crippen molar-refractivity contribution >= 4 is 11.0 Å². The quantitative estimate of drug-likeness (QED) is 0.766. The molecule has 3 aromatic heterocycles. The van der Waals surface area contributed by atoms with Crippen LogP contribution < -0.4 is 0 Å². The van der Waals surface area contributed by atoms with Gasteiger partial charge in [-0.25, -0.2) is 9.37 Å². The Morgan fingerprint density at radius 2 is 2.29 bits per heavy atom. The van der Waals surface area contributed by atoms with E-state index in [1.165, 1.54) is 0 Å². The fourth-order valence-corrected chi connectivity index (χ4v) is 3.07. The number of aromatic nitrogens is 5. The van der Waals surface area contributed by atoms with Gasteiger partial charge in [0.05, 0.1) is 23.4 Å². The molecule has 0 aliphatic carbocycles. The van der Waals surface area contributed by atoms with Crippen molar-refractivity contribution in [2.24, 2.45) is 7.05 Å². The maximum atomic E-state index is 14.2. The van der Waals surface area contributed by atoms with Gasteiger partial charge in [-0.05, 0) is 6.07 Å². The molecule has 1 aliphatic rings. The molecular weight excluding hydrogens is 311 g/mol. The van der Waals surface area contributed by atoms with Crippen LogP contribution in [0.15, 0.2) is 30.9 Å². The highest BCUT2D eigenvalue weighted by Crippen LogP contribution is 2.20. The molecule has 0 spiro atoms. The van der Waals surface area contributed by atoms with E-state index >= 15 is 0 Å². The van der Waals surface area contributed by atoms with Crippen LogP contribution >= 0.6 is 0 Å². The second kappa shape index (κ2) is 6.29. The lowest BCUT2D eigenvalue weighted by Gasteiger charge is -2.14. The van der Waals surface area contributed by atoms with Gasteiger partial charge in [0.2, 0.25) is 0 Å². The molecule has 24 heavy (non-hydrogen) atoms. The summed E-state index contributed by atoms with van der Waals surface area (Å²) < 4.78 is 21.7. The van der Waals surface area contributed by atoms with E-state index in [4.69, 9.17) is 4.74 Å². The smallest absolute Gasteiger partial charge is 0.140 e. The summed E-state index contributed by atoms with van der Waals surface area (Å²) in [6.45, 7) is 1.90. The Morgan fingerprint density at radius 1 is 1.38 bits per heavy atom. The molecule has 3 aromatic rings. The molecule has 8 heteroatoms. The van der Waals surface area contributed by atoms with Gasteiger partial charge in [-0.2, -0.15) is 5.10 Å². The fraction of sp³-hybridized carbons (Fsp3) is 0.438. The van der Waals surface area contributed by atoms with Crippen molar-refractivity contribution in [2.45, 2.75) is 25.4 Å². The van der Waals surface area contributed by atoms with Crippen molar-refractivity contribution in [3.8, 4) is 0 Å². The molecule has 1 N–H and O–H groups in total. The van der Waals surface area contributed by atoms with E-state index in [2.05, 4.69) is 25.0 Å². The van der Waals surface area contributed by atoms with Crippen molar-refractivity contribution in [1.29, 1.82) is 0 Å². The molecule has 0 amide bonds. The van der Waals surface area contributed by atoms with Gasteiger partial charge in [0.15, 0.2) is 0 Å². The zero-order chi connectivity index (χ0) is 16.5. The number of fused-ring (bicyclic) bond motifs is 1. The van der Waals surface area contributed by atoms with E-state index in [0.29, 0.717) is 25.5 Å². The van der Waals surface area contributed by atoms with Crippen molar-refractivity contribution in [2.75, 3.05) is 13.1 Å². The fourth-order valence-electron chi connectivity index (χ4n) is 3.07. The number of hydrogen-bond acceptors (Lipinski definition) is 5. The molecule has 0 saturated carbocycles.